The minimum atomic E-state index is -0.217. The summed E-state index contributed by atoms with van der Waals surface area (Å²) in [5.41, 5.74) is 0.759. The molecule has 0 saturated heterocycles. The fourth-order valence-corrected chi connectivity index (χ4v) is 2.57. The molecule has 0 bridgehead atoms. The SMILES string of the molecule is CNC(c1cc2cc(F)ccc2o1)C1CC1C. The van der Waals surface area contributed by atoms with Gasteiger partial charge < -0.3 is 9.73 Å². The second kappa shape index (κ2) is 3.84. The fourth-order valence-electron chi connectivity index (χ4n) is 2.57. The van der Waals surface area contributed by atoms with Crippen molar-refractivity contribution < 1.29 is 8.81 Å². The molecule has 1 aliphatic rings. The molecule has 1 aromatic carbocycles. The summed E-state index contributed by atoms with van der Waals surface area (Å²) in [4.78, 5) is 0. The minimum Gasteiger partial charge on any atom is -0.459 e. The number of nitrogens with one attached hydrogen (secondary N) is 1. The smallest absolute Gasteiger partial charge is 0.134 e. The van der Waals surface area contributed by atoms with E-state index < -0.39 is 0 Å². The summed E-state index contributed by atoms with van der Waals surface area (Å²) in [5, 5.41) is 4.14. The van der Waals surface area contributed by atoms with Gasteiger partial charge in [-0.2, -0.15) is 0 Å². The summed E-state index contributed by atoms with van der Waals surface area (Å²) >= 11 is 0. The van der Waals surface area contributed by atoms with Crippen molar-refractivity contribution in [3.63, 3.8) is 0 Å². The Morgan fingerprint density at radius 3 is 2.82 bits per heavy atom. The van der Waals surface area contributed by atoms with Gasteiger partial charge in [0.1, 0.15) is 17.2 Å². The van der Waals surface area contributed by atoms with Crippen LogP contribution in [0.5, 0.6) is 0 Å². The molecule has 0 amide bonds. The quantitative estimate of drug-likeness (QED) is 0.877. The van der Waals surface area contributed by atoms with Gasteiger partial charge in [0.05, 0.1) is 6.04 Å². The highest BCUT2D eigenvalue weighted by Gasteiger charge is 2.40. The average Bonchev–Trinajstić information content (AvgIpc) is 2.87. The molecule has 0 spiro atoms. The summed E-state index contributed by atoms with van der Waals surface area (Å²) in [6.07, 6.45) is 1.23. The molecule has 1 fully saturated rings. The van der Waals surface area contributed by atoms with Crippen LogP contribution in [0.1, 0.15) is 25.1 Å². The molecule has 2 aromatic rings. The molecule has 1 saturated carbocycles. The molecule has 3 atom stereocenters. The lowest BCUT2D eigenvalue weighted by Crippen LogP contribution is -2.18. The van der Waals surface area contributed by atoms with Crippen molar-refractivity contribution in [2.45, 2.75) is 19.4 Å². The predicted octanol–water partition coefficient (Wildman–Crippen LogP) is 3.49. The van der Waals surface area contributed by atoms with E-state index in [0.29, 0.717) is 5.92 Å². The van der Waals surface area contributed by atoms with Gasteiger partial charge in [-0.05, 0) is 49.6 Å². The van der Waals surface area contributed by atoms with Crippen LogP contribution in [0, 0.1) is 17.7 Å². The van der Waals surface area contributed by atoms with E-state index in [9.17, 15) is 4.39 Å². The normalized spacial score (nSPS) is 25.1. The van der Waals surface area contributed by atoms with Crippen LogP contribution in [-0.2, 0) is 0 Å². The first-order valence-corrected chi connectivity index (χ1v) is 6.05. The number of furan rings is 1. The van der Waals surface area contributed by atoms with Crippen LogP contribution in [0.3, 0.4) is 0 Å². The van der Waals surface area contributed by atoms with Crippen molar-refractivity contribution in [2.75, 3.05) is 7.05 Å². The van der Waals surface area contributed by atoms with Gasteiger partial charge in [0.15, 0.2) is 0 Å². The van der Waals surface area contributed by atoms with Gasteiger partial charge >= 0.3 is 0 Å². The van der Waals surface area contributed by atoms with E-state index in [1.807, 2.05) is 13.1 Å². The number of hydrogen-bond donors (Lipinski definition) is 1. The maximum atomic E-state index is 13.1. The zero-order valence-corrected chi connectivity index (χ0v) is 10.0. The number of rotatable bonds is 3. The van der Waals surface area contributed by atoms with Gasteiger partial charge in [-0.3, -0.25) is 0 Å². The van der Waals surface area contributed by atoms with E-state index in [1.54, 1.807) is 6.07 Å². The van der Waals surface area contributed by atoms with Gasteiger partial charge in [-0.25, -0.2) is 4.39 Å². The number of halogens is 1. The van der Waals surface area contributed by atoms with Crippen molar-refractivity contribution >= 4 is 11.0 Å². The van der Waals surface area contributed by atoms with Crippen LogP contribution in [0.25, 0.3) is 11.0 Å². The molecule has 3 heteroatoms. The molecule has 90 valence electrons. The minimum absolute atomic E-state index is 0.217. The Morgan fingerprint density at radius 2 is 2.18 bits per heavy atom. The lowest BCUT2D eigenvalue weighted by molar-refractivity contribution is 0.407. The van der Waals surface area contributed by atoms with Gasteiger partial charge in [0.25, 0.3) is 0 Å². The Bertz CT molecular complexity index is 548. The summed E-state index contributed by atoms with van der Waals surface area (Å²) in [6, 6.07) is 6.84. The van der Waals surface area contributed by atoms with Gasteiger partial charge in [-0.1, -0.05) is 6.92 Å². The Kier molecular flexibility index (Phi) is 2.44. The lowest BCUT2D eigenvalue weighted by Gasteiger charge is -2.12. The second-order valence-electron chi connectivity index (χ2n) is 4.97. The highest BCUT2D eigenvalue weighted by Crippen LogP contribution is 2.47. The molecule has 3 unspecified atom stereocenters. The standard InChI is InChI=1S/C14H16FNO/c1-8-5-11(8)14(16-2)13-7-9-6-10(15)3-4-12(9)17-13/h3-4,6-8,11,14,16H,5H2,1-2H3. The van der Waals surface area contributed by atoms with Crippen LogP contribution in [-0.4, -0.2) is 7.05 Å². The van der Waals surface area contributed by atoms with E-state index in [-0.39, 0.29) is 11.9 Å². The molecule has 2 nitrogen and oxygen atoms in total. The van der Waals surface area contributed by atoms with Crippen molar-refractivity contribution in [3.8, 4) is 0 Å². The van der Waals surface area contributed by atoms with Crippen LogP contribution in [0.15, 0.2) is 28.7 Å². The first-order valence-electron chi connectivity index (χ1n) is 6.05. The van der Waals surface area contributed by atoms with Crippen molar-refractivity contribution in [1.29, 1.82) is 0 Å². The molecule has 1 heterocycles. The maximum absolute atomic E-state index is 13.1. The zero-order chi connectivity index (χ0) is 12.0. The molecular formula is C14H16FNO. The topological polar surface area (TPSA) is 25.2 Å². The van der Waals surface area contributed by atoms with Crippen molar-refractivity contribution in [1.82, 2.24) is 5.32 Å². The zero-order valence-electron chi connectivity index (χ0n) is 10.0. The monoisotopic (exact) mass is 233 g/mol. The van der Waals surface area contributed by atoms with E-state index in [0.717, 1.165) is 22.6 Å². The largest absolute Gasteiger partial charge is 0.459 e. The van der Waals surface area contributed by atoms with Crippen molar-refractivity contribution in [3.05, 3.63) is 35.8 Å². The highest BCUT2D eigenvalue weighted by atomic mass is 19.1. The first-order chi connectivity index (χ1) is 8.19. The molecule has 1 aromatic heterocycles. The third-order valence-electron chi connectivity index (χ3n) is 3.71. The second-order valence-corrected chi connectivity index (χ2v) is 4.97. The molecule has 3 rings (SSSR count). The summed E-state index contributed by atoms with van der Waals surface area (Å²) in [5.74, 6) is 2.09. The molecule has 0 aliphatic heterocycles. The van der Waals surface area contributed by atoms with Gasteiger partial charge in [-0.15, -0.1) is 0 Å². The maximum Gasteiger partial charge on any atom is 0.134 e. The van der Waals surface area contributed by atoms with Gasteiger partial charge in [0.2, 0.25) is 0 Å². The Labute approximate surface area is 99.8 Å². The van der Waals surface area contributed by atoms with Crippen LogP contribution < -0.4 is 5.32 Å². The van der Waals surface area contributed by atoms with Crippen LogP contribution in [0.2, 0.25) is 0 Å². The van der Waals surface area contributed by atoms with Crippen molar-refractivity contribution in [2.24, 2.45) is 11.8 Å². The summed E-state index contributed by atoms with van der Waals surface area (Å²) in [7, 11) is 1.95. The van der Waals surface area contributed by atoms with Crippen LogP contribution >= 0.6 is 0 Å². The predicted molar refractivity (Wildman–Crippen MR) is 65.2 cm³/mol. The number of benzene rings is 1. The van der Waals surface area contributed by atoms with E-state index >= 15 is 0 Å². The summed E-state index contributed by atoms with van der Waals surface area (Å²) in [6.45, 7) is 2.25. The first kappa shape index (κ1) is 10.8. The third-order valence-corrected chi connectivity index (χ3v) is 3.71. The van der Waals surface area contributed by atoms with Crippen LogP contribution in [0.4, 0.5) is 4.39 Å². The van der Waals surface area contributed by atoms with Gasteiger partial charge in [0, 0.05) is 5.39 Å². The Hall–Kier alpha value is -1.35. The number of fused-ring (bicyclic) bond motifs is 1. The summed E-state index contributed by atoms with van der Waals surface area (Å²) < 4.78 is 18.9. The lowest BCUT2D eigenvalue weighted by atomic mass is 10.1. The molecule has 17 heavy (non-hydrogen) atoms. The number of hydrogen-bond acceptors (Lipinski definition) is 2. The molecular weight excluding hydrogens is 217 g/mol. The third kappa shape index (κ3) is 1.84. The van der Waals surface area contributed by atoms with E-state index in [4.69, 9.17) is 4.42 Å². The molecule has 1 N–H and O–H groups in total. The van der Waals surface area contributed by atoms with E-state index in [2.05, 4.69) is 12.2 Å². The average molecular weight is 233 g/mol. The Balaban J connectivity index is 1.99. The Morgan fingerprint density at radius 1 is 1.41 bits per heavy atom. The fraction of sp³-hybridized carbons (Fsp3) is 0.429. The van der Waals surface area contributed by atoms with E-state index in [1.165, 1.54) is 18.6 Å². The molecule has 0 radical (unpaired) electrons. The highest BCUT2D eigenvalue weighted by molar-refractivity contribution is 5.78. The molecule has 1 aliphatic carbocycles.